The lowest BCUT2D eigenvalue weighted by atomic mass is 9.94. The number of nitrogens with zero attached hydrogens (tertiary/aromatic N) is 5. The molecule has 19 heteroatoms. The number of β-lactam (4-membered cyclic amide) rings is 1. The molecule has 3 fully saturated rings. The van der Waals surface area contributed by atoms with E-state index < -0.39 is 52.7 Å². The number of aromatic nitrogens is 1. The Kier molecular flexibility index (Phi) is 11.0. The summed E-state index contributed by atoms with van der Waals surface area (Å²) < 4.78 is 1.72. The highest BCUT2D eigenvalue weighted by Crippen LogP contribution is 2.45. The molecule has 0 unspecified atom stereocenters. The van der Waals surface area contributed by atoms with Crippen LogP contribution in [0.2, 0.25) is 0 Å². The average molecular weight is 765 g/mol. The van der Waals surface area contributed by atoms with Crippen LogP contribution in [0.25, 0.3) is 0 Å². The molecular formula is C34H36N8O9S2. The summed E-state index contributed by atoms with van der Waals surface area (Å²) in [5.41, 5.74) is -1.83. The number of fused-ring (bicyclic) bond motifs is 1. The molecule has 6 rings (SSSR count). The largest absolute Gasteiger partial charge is 0.543 e. The van der Waals surface area contributed by atoms with Gasteiger partial charge in [-0.05, 0) is 30.9 Å². The molecule has 4 aliphatic rings. The number of thioether (sulfide) groups is 2. The lowest BCUT2D eigenvalue weighted by Gasteiger charge is -2.57. The van der Waals surface area contributed by atoms with E-state index in [4.69, 9.17) is 0 Å². The lowest BCUT2D eigenvalue weighted by molar-refractivity contribution is -0.684. The van der Waals surface area contributed by atoms with Crippen molar-refractivity contribution >= 4 is 71.5 Å². The van der Waals surface area contributed by atoms with Gasteiger partial charge in [-0.15, -0.1) is 28.5 Å². The van der Waals surface area contributed by atoms with E-state index in [1.807, 2.05) is 0 Å². The maximum absolute atomic E-state index is 14.0. The highest BCUT2D eigenvalue weighted by atomic mass is 32.2. The van der Waals surface area contributed by atoms with Gasteiger partial charge in [0.05, 0.1) is 18.2 Å². The molecule has 0 spiro atoms. The second-order valence-electron chi connectivity index (χ2n) is 12.4. The summed E-state index contributed by atoms with van der Waals surface area (Å²) in [4.78, 5) is 107. The standard InChI is InChI=1S/C34H36N8O9S2/c1-2-38-16-17-40(29(47)28(38)46)33(51)36-25(21-8-4-3-5-9-21)27(45)37-34(35-20-43)31(50)42-26(30(48)49)22(19-53-32(34)42)18-52-23-11-14-39(15-12-23)41-13-7-6-10-24(41)44/h3-5,8-9,11-12,14-15,20,25,32H,2,6-7,10,13,16-19H2,1H3,(H3-,35,36,37,43,45,48,49,51)/t25-,32-,34-/m1/s1. The number of nitrogens with one attached hydrogen (secondary N) is 3. The zero-order valence-corrected chi connectivity index (χ0v) is 30.2. The summed E-state index contributed by atoms with van der Waals surface area (Å²) in [6.07, 6.45) is 5.95. The number of carbonyl (C=O) groups is 8. The number of rotatable bonds is 12. The number of hydrogen-bond donors (Lipinski definition) is 3. The molecule has 3 atom stereocenters. The van der Waals surface area contributed by atoms with Crippen LogP contribution in [0.15, 0.2) is 71.0 Å². The third-order valence-corrected chi connectivity index (χ3v) is 11.8. The number of carbonyl (C=O) groups excluding carboxylic acids is 8. The van der Waals surface area contributed by atoms with E-state index in [0.29, 0.717) is 23.4 Å². The van der Waals surface area contributed by atoms with Crippen molar-refractivity contribution in [3.63, 3.8) is 0 Å². The molecule has 0 radical (unpaired) electrons. The van der Waals surface area contributed by atoms with E-state index in [2.05, 4.69) is 16.0 Å². The Hall–Kier alpha value is -5.43. The summed E-state index contributed by atoms with van der Waals surface area (Å²) in [5, 5.41) is 20.4. The van der Waals surface area contributed by atoms with Crippen LogP contribution in [0.5, 0.6) is 0 Å². The Morgan fingerprint density at radius 2 is 1.77 bits per heavy atom. The fraction of sp³-hybridized carbons (Fsp3) is 0.382. The normalized spacial score (nSPS) is 22.2. The maximum atomic E-state index is 14.0. The van der Waals surface area contributed by atoms with Crippen LogP contribution in [-0.2, 0) is 33.6 Å². The average Bonchev–Trinajstić information content (AvgIpc) is 3.17. The molecule has 53 heavy (non-hydrogen) atoms. The fourth-order valence-electron chi connectivity index (χ4n) is 6.55. The van der Waals surface area contributed by atoms with Crippen LogP contribution in [0.1, 0.15) is 37.8 Å². The molecule has 0 bridgehead atoms. The molecule has 2 aromatic rings. The summed E-state index contributed by atoms with van der Waals surface area (Å²) in [6.45, 7) is 2.57. The molecule has 17 nitrogen and oxygen atoms in total. The van der Waals surface area contributed by atoms with Crippen LogP contribution in [0, 0.1) is 0 Å². The molecule has 1 aromatic carbocycles. The van der Waals surface area contributed by atoms with Crippen molar-refractivity contribution in [3.05, 3.63) is 71.7 Å². The molecule has 8 amide bonds. The molecular weight excluding hydrogens is 729 g/mol. The summed E-state index contributed by atoms with van der Waals surface area (Å²) in [7, 11) is 0. The Balaban J connectivity index is 1.19. The minimum Gasteiger partial charge on any atom is -0.543 e. The predicted molar refractivity (Wildman–Crippen MR) is 186 cm³/mol. The second-order valence-corrected chi connectivity index (χ2v) is 14.6. The van der Waals surface area contributed by atoms with Crippen molar-refractivity contribution in [2.24, 2.45) is 0 Å². The molecule has 4 aliphatic heterocycles. The van der Waals surface area contributed by atoms with E-state index in [9.17, 15) is 43.5 Å². The van der Waals surface area contributed by atoms with Crippen LogP contribution in [0.3, 0.4) is 0 Å². The molecule has 1 aromatic heterocycles. The Morgan fingerprint density at radius 1 is 1.04 bits per heavy atom. The number of piperidine rings is 1. The van der Waals surface area contributed by atoms with Crippen molar-refractivity contribution in [2.75, 3.05) is 42.7 Å². The first-order valence-electron chi connectivity index (χ1n) is 16.8. The van der Waals surface area contributed by atoms with Crippen molar-refractivity contribution in [1.29, 1.82) is 0 Å². The molecule has 5 heterocycles. The van der Waals surface area contributed by atoms with Crippen molar-refractivity contribution in [3.8, 4) is 0 Å². The minimum absolute atomic E-state index is 0.0327. The first-order chi connectivity index (χ1) is 25.5. The number of likely N-dealkylation sites (N-methyl/N-ethyl adjacent to an activating group) is 1. The number of piperazine rings is 1. The second kappa shape index (κ2) is 15.7. The molecule has 3 saturated heterocycles. The fourth-order valence-corrected chi connectivity index (χ4v) is 9.00. The van der Waals surface area contributed by atoms with Gasteiger partial charge in [-0.3, -0.25) is 38.6 Å². The summed E-state index contributed by atoms with van der Waals surface area (Å²) >= 11 is 2.44. The van der Waals surface area contributed by atoms with Gasteiger partial charge in [-0.25, -0.2) is 4.79 Å². The Morgan fingerprint density at radius 3 is 2.43 bits per heavy atom. The number of aliphatic carboxylic acids is 1. The predicted octanol–water partition coefficient (Wildman–Crippen LogP) is -1.67. The topological polar surface area (TPSA) is 213 Å². The van der Waals surface area contributed by atoms with Gasteiger partial charge in [0.25, 0.3) is 11.8 Å². The number of benzene rings is 1. The maximum Gasteiger partial charge on any atom is 0.325 e. The molecule has 3 N–H and O–H groups in total. The Bertz CT molecular complexity index is 1880. The molecule has 278 valence electrons. The quantitative estimate of drug-likeness (QED) is 0.0556. The van der Waals surface area contributed by atoms with E-state index >= 15 is 0 Å². The van der Waals surface area contributed by atoms with Gasteiger partial charge in [0.15, 0.2) is 0 Å². The number of pyridine rings is 1. The summed E-state index contributed by atoms with van der Waals surface area (Å²) in [6, 6.07) is 9.00. The smallest absolute Gasteiger partial charge is 0.325 e. The first kappa shape index (κ1) is 37.3. The van der Waals surface area contributed by atoms with Crippen molar-refractivity contribution < 1.29 is 48.1 Å². The van der Waals surface area contributed by atoms with Gasteiger partial charge in [0.1, 0.15) is 11.4 Å². The third-order valence-electron chi connectivity index (χ3n) is 9.32. The van der Waals surface area contributed by atoms with Crippen LogP contribution in [0.4, 0.5) is 4.79 Å². The monoisotopic (exact) mass is 764 g/mol. The van der Waals surface area contributed by atoms with Gasteiger partial charge in [-0.2, -0.15) is 0 Å². The van der Waals surface area contributed by atoms with Gasteiger partial charge in [-0.1, -0.05) is 35.0 Å². The van der Waals surface area contributed by atoms with Gasteiger partial charge < -0.3 is 30.8 Å². The zero-order valence-electron chi connectivity index (χ0n) is 28.5. The summed E-state index contributed by atoms with van der Waals surface area (Å²) in [5.74, 6) is -5.13. The van der Waals surface area contributed by atoms with E-state index in [0.717, 1.165) is 34.4 Å². The van der Waals surface area contributed by atoms with E-state index in [1.54, 1.807) is 59.3 Å². The number of carboxylic acid groups (broad SMARTS) is 1. The highest BCUT2D eigenvalue weighted by molar-refractivity contribution is 8.01. The van der Waals surface area contributed by atoms with Gasteiger partial charge in [0.2, 0.25) is 30.4 Å². The number of carboxylic acids is 1. The Labute approximate surface area is 312 Å². The van der Waals surface area contributed by atoms with Crippen LogP contribution >= 0.6 is 23.5 Å². The van der Waals surface area contributed by atoms with E-state index in [1.165, 1.54) is 28.8 Å². The minimum atomic E-state index is -2.10. The highest BCUT2D eigenvalue weighted by Gasteiger charge is 2.65. The van der Waals surface area contributed by atoms with Gasteiger partial charge >= 0.3 is 17.8 Å². The van der Waals surface area contributed by atoms with Crippen LogP contribution < -0.4 is 30.7 Å². The third kappa shape index (κ3) is 7.17. The number of amides is 8. The van der Waals surface area contributed by atoms with Crippen LogP contribution in [-0.4, -0.2) is 111 Å². The SMILES string of the molecule is CCN1CCN(C(=O)N[C@@H](C(=O)N[C@]2(NC=O)C(=O)N3C(C(=O)[O-])=C(CSc4cc[n+](N5CCCCC5=O)cc4)CS[C@@H]32)c2ccccc2)C(=O)C1=O. The zero-order chi connectivity index (χ0) is 37.9. The van der Waals surface area contributed by atoms with Gasteiger partial charge in [0, 0.05) is 54.6 Å². The number of imide groups is 1. The van der Waals surface area contributed by atoms with Crippen molar-refractivity contribution in [2.45, 2.75) is 48.2 Å². The lowest BCUT2D eigenvalue weighted by Crippen LogP contribution is -2.85. The van der Waals surface area contributed by atoms with Crippen molar-refractivity contribution in [1.82, 2.24) is 30.7 Å². The number of urea groups is 1. The number of hydrogen-bond acceptors (Lipinski definition) is 11. The first-order valence-corrected chi connectivity index (χ1v) is 18.9. The molecule has 0 saturated carbocycles. The molecule has 0 aliphatic carbocycles. The van der Waals surface area contributed by atoms with E-state index in [-0.39, 0.29) is 54.7 Å².